The number of nitrogens with one attached hydrogen (secondary N) is 1. The van der Waals surface area contributed by atoms with Crippen molar-refractivity contribution < 1.29 is 14.6 Å². The third kappa shape index (κ3) is 3.63. The Morgan fingerprint density at radius 1 is 1.33 bits per heavy atom. The van der Waals surface area contributed by atoms with Crippen LogP contribution in [0.3, 0.4) is 0 Å². The predicted octanol–water partition coefficient (Wildman–Crippen LogP) is 3.60. The quantitative estimate of drug-likeness (QED) is 0.724. The molecular weight excluding hydrogens is 360 g/mol. The fourth-order valence-corrected chi connectivity index (χ4v) is 4.46. The number of hydrogen-bond acceptors (Lipinski definition) is 5. The van der Waals surface area contributed by atoms with Crippen LogP contribution in [-0.4, -0.2) is 42.7 Å². The molecule has 0 saturated carbocycles. The standard InChI is InChI=1S/C21H22N2O3S/c1-22-20(25)6-7-23-8-9-26-21-15(12-23)10-14(11-18(21)24)17-13-27-19-5-3-2-4-16(17)19/h2-5,10-11,13,24H,6-9,12H2,1H3,(H,22,25). The molecule has 6 heteroatoms. The van der Waals surface area contributed by atoms with Gasteiger partial charge in [-0.25, -0.2) is 0 Å². The number of fused-ring (bicyclic) bond motifs is 2. The first-order valence-corrected chi connectivity index (χ1v) is 9.92. The van der Waals surface area contributed by atoms with Crippen molar-refractivity contribution in [1.29, 1.82) is 0 Å². The summed E-state index contributed by atoms with van der Waals surface area (Å²) in [5.41, 5.74) is 3.06. The second kappa shape index (κ2) is 7.58. The van der Waals surface area contributed by atoms with E-state index in [1.165, 1.54) is 10.1 Å². The summed E-state index contributed by atoms with van der Waals surface area (Å²) in [7, 11) is 1.65. The molecule has 140 valence electrons. The minimum absolute atomic E-state index is 0.0294. The van der Waals surface area contributed by atoms with Gasteiger partial charge < -0.3 is 15.2 Å². The summed E-state index contributed by atoms with van der Waals surface area (Å²) in [4.78, 5) is 13.8. The summed E-state index contributed by atoms with van der Waals surface area (Å²) in [5, 5.41) is 16.5. The van der Waals surface area contributed by atoms with Gasteiger partial charge in [0.05, 0.1) is 0 Å². The minimum Gasteiger partial charge on any atom is -0.504 e. The van der Waals surface area contributed by atoms with Gasteiger partial charge in [0, 0.05) is 54.3 Å². The van der Waals surface area contributed by atoms with E-state index in [2.05, 4.69) is 33.8 Å². The van der Waals surface area contributed by atoms with Crippen LogP contribution in [0.2, 0.25) is 0 Å². The van der Waals surface area contributed by atoms with E-state index in [0.29, 0.717) is 31.9 Å². The second-order valence-electron chi connectivity index (χ2n) is 6.68. The maximum Gasteiger partial charge on any atom is 0.221 e. The van der Waals surface area contributed by atoms with Crippen molar-refractivity contribution in [1.82, 2.24) is 10.2 Å². The predicted molar refractivity (Wildman–Crippen MR) is 108 cm³/mol. The maximum atomic E-state index is 11.6. The van der Waals surface area contributed by atoms with Crippen molar-refractivity contribution in [2.45, 2.75) is 13.0 Å². The number of benzene rings is 2. The summed E-state index contributed by atoms with van der Waals surface area (Å²) in [6, 6.07) is 12.2. The topological polar surface area (TPSA) is 61.8 Å². The van der Waals surface area contributed by atoms with Gasteiger partial charge in [-0.15, -0.1) is 11.3 Å². The Morgan fingerprint density at radius 3 is 3.04 bits per heavy atom. The Hall–Kier alpha value is -2.57. The van der Waals surface area contributed by atoms with Gasteiger partial charge in [-0.1, -0.05) is 18.2 Å². The number of phenols is 1. The molecule has 4 rings (SSSR count). The summed E-state index contributed by atoms with van der Waals surface area (Å²) >= 11 is 1.70. The van der Waals surface area contributed by atoms with E-state index in [1.807, 2.05) is 12.1 Å². The number of phenolic OH excluding ortho intramolecular Hbond substituents is 1. The lowest BCUT2D eigenvalue weighted by atomic mass is 10.0. The van der Waals surface area contributed by atoms with Crippen LogP contribution in [0.25, 0.3) is 21.2 Å². The first-order valence-electron chi connectivity index (χ1n) is 9.04. The van der Waals surface area contributed by atoms with E-state index in [1.54, 1.807) is 24.5 Å². The molecule has 0 spiro atoms. The Balaban J connectivity index is 1.67. The molecule has 0 aliphatic carbocycles. The van der Waals surface area contributed by atoms with Crippen LogP contribution in [0, 0.1) is 0 Å². The molecule has 1 aromatic heterocycles. The molecule has 0 atom stereocenters. The van der Waals surface area contributed by atoms with Crippen molar-refractivity contribution in [3.8, 4) is 22.6 Å². The number of thiophene rings is 1. The van der Waals surface area contributed by atoms with Crippen molar-refractivity contribution in [2.24, 2.45) is 0 Å². The number of amides is 1. The molecule has 2 N–H and O–H groups in total. The number of ether oxygens (including phenoxy) is 1. The van der Waals surface area contributed by atoms with Crippen LogP contribution in [0.4, 0.5) is 0 Å². The average Bonchev–Trinajstić information content (AvgIpc) is 3.00. The molecule has 27 heavy (non-hydrogen) atoms. The van der Waals surface area contributed by atoms with Crippen LogP contribution >= 0.6 is 11.3 Å². The molecule has 0 saturated heterocycles. The molecule has 0 unspecified atom stereocenters. The Labute approximate surface area is 162 Å². The third-order valence-corrected chi connectivity index (χ3v) is 5.88. The largest absolute Gasteiger partial charge is 0.504 e. The number of carbonyl (C=O) groups excluding carboxylic acids is 1. The summed E-state index contributed by atoms with van der Waals surface area (Å²) in [5.74, 6) is 0.758. The van der Waals surface area contributed by atoms with E-state index in [0.717, 1.165) is 23.2 Å². The van der Waals surface area contributed by atoms with Crippen LogP contribution in [0.1, 0.15) is 12.0 Å². The molecule has 1 aliphatic rings. The molecule has 0 fully saturated rings. The van der Waals surface area contributed by atoms with Crippen molar-refractivity contribution in [3.05, 3.63) is 47.3 Å². The zero-order chi connectivity index (χ0) is 18.8. The van der Waals surface area contributed by atoms with Gasteiger partial charge in [0.25, 0.3) is 0 Å². The van der Waals surface area contributed by atoms with Crippen LogP contribution in [0.5, 0.6) is 11.5 Å². The highest BCUT2D eigenvalue weighted by atomic mass is 32.1. The lowest BCUT2D eigenvalue weighted by Crippen LogP contribution is -2.30. The van der Waals surface area contributed by atoms with Gasteiger partial charge in [0.2, 0.25) is 5.91 Å². The lowest BCUT2D eigenvalue weighted by Gasteiger charge is -2.19. The number of carbonyl (C=O) groups is 1. The van der Waals surface area contributed by atoms with E-state index >= 15 is 0 Å². The molecule has 0 radical (unpaired) electrons. The van der Waals surface area contributed by atoms with Crippen molar-refractivity contribution >= 4 is 27.3 Å². The van der Waals surface area contributed by atoms with Gasteiger partial charge in [-0.3, -0.25) is 9.69 Å². The SMILES string of the molecule is CNC(=O)CCN1CCOc2c(O)cc(-c3csc4ccccc34)cc2C1. The van der Waals surface area contributed by atoms with Gasteiger partial charge in [0.1, 0.15) is 6.61 Å². The fourth-order valence-electron chi connectivity index (χ4n) is 3.49. The van der Waals surface area contributed by atoms with Gasteiger partial charge in [0.15, 0.2) is 11.5 Å². The molecular formula is C21H22N2O3S. The highest BCUT2D eigenvalue weighted by molar-refractivity contribution is 7.17. The summed E-state index contributed by atoms with van der Waals surface area (Å²) < 4.78 is 7.04. The number of hydrogen-bond donors (Lipinski definition) is 2. The molecule has 3 aromatic rings. The average molecular weight is 382 g/mol. The Kier molecular flexibility index (Phi) is 5.01. The smallest absolute Gasteiger partial charge is 0.221 e. The van der Waals surface area contributed by atoms with Gasteiger partial charge in [-0.05, 0) is 29.1 Å². The van der Waals surface area contributed by atoms with E-state index < -0.39 is 0 Å². The first-order chi connectivity index (χ1) is 13.2. The third-order valence-electron chi connectivity index (χ3n) is 4.92. The van der Waals surface area contributed by atoms with Crippen LogP contribution in [-0.2, 0) is 11.3 Å². The number of rotatable bonds is 4. The summed E-state index contributed by atoms with van der Waals surface area (Å²) in [6.07, 6.45) is 0.451. The maximum absolute atomic E-state index is 11.6. The van der Waals surface area contributed by atoms with Crippen molar-refractivity contribution in [2.75, 3.05) is 26.7 Å². The number of aromatic hydroxyl groups is 1. The zero-order valence-corrected chi connectivity index (χ0v) is 16.0. The normalized spacial score (nSPS) is 14.4. The molecule has 1 amide bonds. The van der Waals surface area contributed by atoms with E-state index in [9.17, 15) is 9.90 Å². The monoisotopic (exact) mass is 382 g/mol. The van der Waals surface area contributed by atoms with Gasteiger partial charge >= 0.3 is 0 Å². The van der Waals surface area contributed by atoms with E-state index in [-0.39, 0.29) is 11.7 Å². The second-order valence-corrected chi connectivity index (χ2v) is 7.59. The molecule has 0 bridgehead atoms. The van der Waals surface area contributed by atoms with E-state index in [4.69, 9.17) is 4.74 Å². The minimum atomic E-state index is 0.0294. The fraction of sp³-hybridized carbons (Fsp3) is 0.286. The van der Waals surface area contributed by atoms with Crippen LogP contribution < -0.4 is 10.1 Å². The van der Waals surface area contributed by atoms with Crippen LogP contribution in [0.15, 0.2) is 41.8 Å². The summed E-state index contributed by atoms with van der Waals surface area (Å²) in [6.45, 7) is 2.53. The zero-order valence-electron chi connectivity index (χ0n) is 15.2. The number of nitrogens with zero attached hydrogens (tertiary/aromatic N) is 1. The molecule has 2 aromatic carbocycles. The molecule has 1 aliphatic heterocycles. The molecule has 2 heterocycles. The van der Waals surface area contributed by atoms with Crippen molar-refractivity contribution in [3.63, 3.8) is 0 Å². The Bertz CT molecular complexity index is 983. The highest BCUT2D eigenvalue weighted by Crippen LogP contribution is 2.41. The molecule has 5 nitrogen and oxygen atoms in total. The van der Waals surface area contributed by atoms with Gasteiger partial charge in [-0.2, -0.15) is 0 Å². The first kappa shape index (κ1) is 17.8. The lowest BCUT2D eigenvalue weighted by molar-refractivity contribution is -0.121. The Morgan fingerprint density at radius 2 is 2.19 bits per heavy atom. The highest BCUT2D eigenvalue weighted by Gasteiger charge is 2.21.